The molecule has 1 aliphatic rings. The molecule has 0 saturated carbocycles. The van der Waals surface area contributed by atoms with Crippen LogP contribution in [0.15, 0.2) is 34.9 Å². The van der Waals surface area contributed by atoms with Crippen molar-refractivity contribution in [2.75, 3.05) is 19.8 Å². The van der Waals surface area contributed by atoms with E-state index in [4.69, 9.17) is 9.15 Å². The number of benzene rings is 1. The molecule has 1 aromatic carbocycles. The van der Waals surface area contributed by atoms with Gasteiger partial charge in [0.2, 0.25) is 0 Å². The first kappa shape index (κ1) is 10.8. The molecule has 0 aliphatic carbocycles. The highest BCUT2D eigenvalue weighted by molar-refractivity contribution is 5.80. The zero-order valence-corrected chi connectivity index (χ0v) is 9.82. The van der Waals surface area contributed by atoms with Crippen LogP contribution in [0.4, 0.5) is 0 Å². The number of furan rings is 1. The van der Waals surface area contributed by atoms with E-state index in [9.17, 15) is 0 Å². The molecule has 2 heterocycles. The lowest BCUT2D eigenvalue weighted by atomic mass is 10.1. The Morgan fingerprint density at radius 1 is 1.29 bits per heavy atom. The smallest absolute Gasteiger partial charge is 0.134 e. The highest BCUT2D eigenvalue weighted by Crippen LogP contribution is 2.20. The van der Waals surface area contributed by atoms with E-state index in [0.29, 0.717) is 5.92 Å². The van der Waals surface area contributed by atoms with Gasteiger partial charge in [0.05, 0.1) is 12.9 Å². The fourth-order valence-electron chi connectivity index (χ4n) is 2.32. The maximum Gasteiger partial charge on any atom is 0.134 e. The van der Waals surface area contributed by atoms with Crippen molar-refractivity contribution in [3.05, 3.63) is 36.1 Å². The van der Waals surface area contributed by atoms with Crippen molar-refractivity contribution >= 4 is 11.0 Å². The van der Waals surface area contributed by atoms with Crippen LogP contribution in [0.3, 0.4) is 0 Å². The highest BCUT2D eigenvalue weighted by atomic mass is 16.5. The molecular weight excluding hydrogens is 214 g/mol. The molecule has 1 fully saturated rings. The quantitative estimate of drug-likeness (QED) is 0.878. The van der Waals surface area contributed by atoms with E-state index in [1.807, 2.05) is 24.5 Å². The van der Waals surface area contributed by atoms with Crippen LogP contribution >= 0.6 is 0 Å². The molecule has 0 spiro atoms. The van der Waals surface area contributed by atoms with Gasteiger partial charge in [-0.3, -0.25) is 0 Å². The van der Waals surface area contributed by atoms with Crippen LogP contribution in [0.1, 0.15) is 12.0 Å². The minimum atomic E-state index is 0.674. The van der Waals surface area contributed by atoms with E-state index in [0.717, 1.165) is 31.9 Å². The first-order valence-electron chi connectivity index (χ1n) is 6.17. The fourth-order valence-corrected chi connectivity index (χ4v) is 2.32. The predicted octanol–water partition coefficient (Wildman–Crippen LogP) is 2.56. The molecule has 1 aliphatic heterocycles. The summed E-state index contributed by atoms with van der Waals surface area (Å²) in [7, 11) is 0. The van der Waals surface area contributed by atoms with Crippen LogP contribution in [0, 0.1) is 5.92 Å². The first-order chi connectivity index (χ1) is 8.43. The third-order valence-corrected chi connectivity index (χ3v) is 3.33. The van der Waals surface area contributed by atoms with E-state index in [-0.39, 0.29) is 0 Å². The molecular formula is C14H17NO2. The molecule has 3 heteroatoms. The normalized spacial score (nSPS) is 20.1. The van der Waals surface area contributed by atoms with E-state index in [1.165, 1.54) is 17.4 Å². The van der Waals surface area contributed by atoms with Crippen LogP contribution in [-0.4, -0.2) is 19.8 Å². The summed E-state index contributed by atoms with van der Waals surface area (Å²) in [6.07, 6.45) is 3.03. The Kier molecular flexibility index (Phi) is 3.12. The highest BCUT2D eigenvalue weighted by Gasteiger charge is 2.15. The van der Waals surface area contributed by atoms with E-state index >= 15 is 0 Å². The Morgan fingerprint density at radius 2 is 2.24 bits per heavy atom. The molecule has 1 aromatic heterocycles. The lowest BCUT2D eigenvalue weighted by Crippen LogP contribution is -2.22. The Bertz CT molecular complexity index is 486. The second-order valence-corrected chi connectivity index (χ2v) is 4.62. The number of nitrogens with one attached hydrogen (secondary N) is 1. The molecule has 0 bridgehead atoms. The monoisotopic (exact) mass is 231 g/mol. The van der Waals surface area contributed by atoms with Crippen molar-refractivity contribution in [1.29, 1.82) is 0 Å². The van der Waals surface area contributed by atoms with Crippen LogP contribution in [0.5, 0.6) is 0 Å². The van der Waals surface area contributed by atoms with Crippen molar-refractivity contribution in [3.8, 4) is 0 Å². The summed E-state index contributed by atoms with van der Waals surface area (Å²) in [6.45, 7) is 3.72. The Labute approximate surface area is 101 Å². The minimum absolute atomic E-state index is 0.674. The molecule has 2 aromatic rings. The molecule has 0 amide bonds. The van der Waals surface area contributed by atoms with Gasteiger partial charge in [-0.25, -0.2) is 0 Å². The van der Waals surface area contributed by atoms with E-state index in [1.54, 1.807) is 0 Å². The number of hydrogen-bond donors (Lipinski definition) is 1. The number of rotatable bonds is 4. The summed E-state index contributed by atoms with van der Waals surface area (Å²) in [5.41, 5.74) is 2.20. The number of para-hydroxylation sites is 1. The van der Waals surface area contributed by atoms with Crippen LogP contribution in [0.2, 0.25) is 0 Å². The van der Waals surface area contributed by atoms with Gasteiger partial charge < -0.3 is 14.5 Å². The largest absolute Gasteiger partial charge is 0.464 e. The summed E-state index contributed by atoms with van der Waals surface area (Å²) in [6, 6.07) is 8.16. The molecule has 0 radical (unpaired) electrons. The number of fused-ring (bicyclic) bond motifs is 1. The van der Waals surface area contributed by atoms with Gasteiger partial charge in [-0.15, -0.1) is 0 Å². The second kappa shape index (κ2) is 4.90. The number of ether oxygens (including phenoxy) is 1. The minimum Gasteiger partial charge on any atom is -0.464 e. The molecule has 1 atom stereocenters. The van der Waals surface area contributed by atoms with Crippen molar-refractivity contribution < 1.29 is 9.15 Å². The zero-order valence-electron chi connectivity index (χ0n) is 9.82. The SMILES string of the molecule is c1ccc2c(CNCC3CCOC3)coc2c1. The molecule has 1 unspecified atom stereocenters. The van der Waals surface area contributed by atoms with Gasteiger partial charge in [0, 0.05) is 30.6 Å². The molecule has 90 valence electrons. The van der Waals surface area contributed by atoms with Gasteiger partial charge in [0.25, 0.3) is 0 Å². The summed E-state index contributed by atoms with van der Waals surface area (Å²) >= 11 is 0. The maximum atomic E-state index is 5.51. The molecule has 17 heavy (non-hydrogen) atoms. The number of hydrogen-bond acceptors (Lipinski definition) is 3. The van der Waals surface area contributed by atoms with Crippen molar-refractivity contribution in [2.24, 2.45) is 5.92 Å². The van der Waals surface area contributed by atoms with Crippen molar-refractivity contribution in [2.45, 2.75) is 13.0 Å². The second-order valence-electron chi connectivity index (χ2n) is 4.62. The van der Waals surface area contributed by atoms with E-state index in [2.05, 4.69) is 11.4 Å². The standard InChI is InChI=1S/C14H17NO2/c1-2-4-14-13(3-1)12(10-17-14)8-15-7-11-5-6-16-9-11/h1-4,10-11,15H,5-9H2. The van der Waals surface area contributed by atoms with Crippen LogP contribution in [-0.2, 0) is 11.3 Å². The molecule has 3 rings (SSSR count). The Balaban J connectivity index is 1.60. The predicted molar refractivity (Wildman–Crippen MR) is 66.8 cm³/mol. The maximum absolute atomic E-state index is 5.51. The summed E-state index contributed by atoms with van der Waals surface area (Å²) < 4.78 is 10.9. The third kappa shape index (κ3) is 2.35. The van der Waals surface area contributed by atoms with Gasteiger partial charge in [-0.2, -0.15) is 0 Å². The third-order valence-electron chi connectivity index (χ3n) is 3.33. The van der Waals surface area contributed by atoms with Gasteiger partial charge in [0.15, 0.2) is 0 Å². The summed E-state index contributed by atoms with van der Waals surface area (Å²) in [5.74, 6) is 0.674. The van der Waals surface area contributed by atoms with Crippen molar-refractivity contribution in [1.82, 2.24) is 5.32 Å². The van der Waals surface area contributed by atoms with E-state index < -0.39 is 0 Å². The zero-order chi connectivity index (χ0) is 11.5. The fraction of sp³-hybridized carbons (Fsp3) is 0.429. The van der Waals surface area contributed by atoms with Crippen molar-refractivity contribution in [3.63, 3.8) is 0 Å². The van der Waals surface area contributed by atoms with Crippen LogP contribution < -0.4 is 5.32 Å². The van der Waals surface area contributed by atoms with Gasteiger partial charge in [-0.1, -0.05) is 18.2 Å². The van der Waals surface area contributed by atoms with Gasteiger partial charge >= 0.3 is 0 Å². The Hall–Kier alpha value is -1.32. The summed E-state index contributed by atoms with van der Waals surface area (Å²) in [4.78, 5) is 0. The van der Waals surface area contributed by atoms with Gasteiger partial charge in [0.1, 0.15) is 5.58 Å². The Morgan fingerprint density at radius 3 is 3.12 bits per heavy atom. The average molecular weight is 231 g/mol. The van der Waals surface area contributed by atoms with Gasteiger partial charge in [-0.05, 0) is 18.4 Å². The average Bonchev–Trinajstić information content (AvgIpc) is 2.99. The molecule has 3 nitrogen and oxygen atoms in total. The lowest BCUT2D eigenvalue weighted by molar-refractivity contribution is 0.185. The van der Waals surface area contributed by atoms with Crippen LogP contribution in [0.25, 0.3) is 11.0 Å². The lowest BCUT2D eigenvalue weighted by Gasteiger charge is -2.08. The topological polar surface area (TPSA) is 34.4 Å². The first-order valence-corrected chi connectivity index (χ1v) is 6.17. The summed E-state index contributed by atoms with van der Waals surface area (Å²) in [5, 5.41) is 4.69. The molecule has 1 saturated heterocycles. The molecule has 1 N–H and O–H groups in total.